The van der Waals surface area contributed by atoms with Crippen LogP contribution in [0.25, 0.3) is 0 Å². The first-order chi connectivity index (χ1) is 13.1. The highest BCUT2D eigenvalue weighted by atomic mass is 32.2. The monoisotopic (exact) mass is 434 g/mol. The van der Waals surface area contributed by atoms with Crippen molar-refractivity contribution in [3.8, 4) is 5.75 Å². The molecule has 6 nitrogen and oxygen atoms in total. The predicted octanol–water partition coefficient (Wildman–Crippen LogP) is 3.75. The molecule has 1 aliphatic heterocycles. The van der Waals surface area contributed by atoms with Crippen molar-refractivity contribution in [3.63, 3.8) is 0 Å². The van der Waals surface area contributed by atoms with E-state index < -0.39 is 34.1 Å². The van der Waals surface area contributed by atoms with Crippen molar-refractivity contribution in [2.75, 3.05) is 11.9 Å². The van der Waals surface area contributed by atoms with Crippen molar-refractivity contribution in [1.29, 1.82) is 0 Å². The molecule has 28 heavy (non-hydrogen) atoms. The van der Waals surface area contributed by atoms with E-state index in [0.29, 0.717) is 12.8 Å². The third kappa shape index (κ3) is 4.65. The fraction of sp³-hybridized carbons (Fsp3) is 0.353. The van der Waals surface area contributed by atoms with Crippen LogP contribution in [0.2, 0.25) is 0 Å². The SMILES string of the molecule is Cc1ccc(S(=O)(=O)N2CCCC2C(=O)Nc2cccc(OC(F)(F)F)c2)s1. The van der Waals surface area contributed by atoms with Crippen LogP contribution in [0.3, 0.4) is 0 Å². The van der Waals surface area contributed by atoms with E-state index in [9.17, 15) is 26.4 Å². The Labute approximate surface area is 164 Å². The number of nitrogens with one attached hydrogen (secondary N) is 1. The number of carbonyl (C=O) groups is 1. The number of hydrogen-bond donors (Lipinski definition) is 1. The summed E-state index contributed by atoms with van der Waals surface area (Å²) < 4.78 is 67.8. The van der Waals surface area contributed by atoms with E-state index in [0.717, 1.165) is 32.7 Å². The number of aryl methyl sites for hydroxylation is 1. The summed E-state index contributed by atoms with van der Waals surface area (Å²) in [5, 5.41) is 2.48. The average molecular weight is 434 g/mol. The molecular weight excluding hydrogens is 417 g/mol. The number of sulfonamides is 1. The first-order valence-corrected chi connectivity index (χ1v) is 10.6. The van der Waals surface area contributed by atoms with Gasteiger partial charge in [0.2, 0.25) is 5.91 Å². The third-order valence-electron chi connectivity index (χ3n) is 4.12. The van der Waals surface area contributed by atoms with Crippen LogP contribution >= 0.6 is 11.3 Å². The lowest BCUT2D eigenvalue weighted by atomic mass is 10.2. The minimum atomic E-state index is -4.85. The number of alkyl halides is 3. The number of hydrogen-bond acceptors (Lipinski definition) is 5. The second-order valence-electron chi connectivity index (χ2n) is 6.20. The summed E-state index contributed by atoms with van der Waals surface area (Å²) >= 11 is 1.12. The number of ether oxygens (including phenoxy) is 1. The molecule has 1 saturated heterocycles. The van der Waals surface area contributed by atoms with E-state index in [-0.39, 0.29) is 16.4 Å². The summed E-state index contributed by atoms with van der Waals surface area (Å²) in [5.74, 6) is -1.08. The van der Waals surface area contributed by atoms with Gasteiger partial charge < -0.3 is 10.1 Å². The lowest BCUT2D eigenvalue weighted by Crippen LogP contribution is -2.42. The second kappa shape index (κ2) is 7.72. The van der Waals surface area contributed by atoms with E-state index in [1.807, 2.05) is 0 Å². The van der Waals surface area contributed by atoms with Crippen LogP contribution in [0.15, 0.2) is 40.6 Å². The Morgan fingerprint density at radius 2 is 2.04 bits per heavy atom. The molecule has 0 spiro atoms. The molecule has 0 aliphatic carbocycles. The van der Waals surface area contributed by atoms with Crippen LogP contribution in [0, 0.1) is 6.92 Å². The largest absolute Gasteiger partial charge is 0.573 e. The molecule has 152 valence electrons. The van der Waals surface area contributed by atoms with Crippen LogP contribution in [-0.4, -0.2) is 37.6 Å². The number of benzene rings is 1. The zero-order chi connectivity index (χ0) is 20.5. The average Bonchev–Trinajstić information content (AvgIpc) is 3.23. The van der Waals surface area contributed by atoms with Gasteiger partial charge in [-0.3, -0.25) is 4.79 Å². The van der Waals surface area contributed by atoms with Gasteiger partial charge in [0.25, 0.3) is 10.0 Å². The van der Waals surface area contributed by atoms with Crippen LogP contribution < -0.4 is 10.1 Å². The van der Waals surface area contributed by atoms with Crippen LogP contribution in [0.4, 0.5) is 18.9 Å². The predicted molar refractivity (Wildman–Crippen MR) is 97.7 cm³/mol. The molecule has 2 aromatic rings. The Hall–Kier alpha value is -2.11. The summed E-state index contributed by atoms with van der Waals surface area (Å²) in [6.45, 7) is 1.99. The zero-order valence-corrected chi connectivity index (χ0v) is 16.3. The van der Waals surface area contributed by atoms with Crippen LogP contribution in [-0.2, 0) is 14.8 Å². The maximum absolute atomic E-state index is 12.8. The van der Waals surface area contributed by atoms with Gasteiger partial charge in [-0.2, -0.15) is 4.31 Å². The fourth-order valence-corrected chi connectivity index (χ4v) is 6.02. The molecule has 1 atom stereocenters. The second-order valence-corrected chi connectivity index (χ2v) is 9.61. The van der Waals surface area contributed by atoms with Gasteiger partial charge in [0.05, 0.1) is 0 Å². The summed E-state index contributed by atoms with van der Waals surface area (Å²) in [6, 6.07) is 7.09. The Balaban J connectivity index is 1.76. The van der Waals surface area contributed by atoms with Gasteiger partial charge in [-0.25, -0.2) is 8.42 Å². The molecule has 1 N–H and O–H groups in total. The summed E-state index contributed by atoms with van der Waals surface area (Å²) in [6.07, 6.45) is -4.01. The highest BCUT2D eigenvalue weighted by Crippen LogP contribution is 2.31. The van der Waals surface area contributed by atoms with Gasteiger partial charge in [0.15, 0.2) is 0 Å². The normalized spacial score (nSPS) is 18.2. The van der Waals surface area contributed by atoms with Crippen molar-refractivity contribution in [3.05, 3.63) is 41.3 Å². The molecule has 11 heteroatoms. The lowest BCUT2D eigenvalue weighted by molar-refractivity contribution is -0.274. The summed E-state index contributed by atoms with van der Waals surface area (Å²) in [5.41, 5.74) is 0.0861. The van der Waals surface area contributed by atoms with Gasteiger partial charge in [0, 0.05) is 23.2 Å². The molecular formula is C17H17F3N2O4S2. The number of rotatable bonds is 5. The smallest absolute Gasteiger partial charge is 0.406 e. The van der Waals surface area contributed by atoms with Crippen LogP contribution in [0.5, 0.6) is 5.75 Å². The minimum absolute atomic E-state index is 0.0861. The first kappa shape index (κ1) is 20.6. The van der Waals surface area contributed by atoms with Gasteiger partial charge in [-0.05, 0) is 44.0 Å². The van der Waals surface area contributed by atoms with E-state index in [2.05, 4.69) is 10.1 Å². The lowest BCUT2D eigenvalue weighted by Gasteiger charge is -2.22. The van der Waals surface area contributed by atoms with Crippen molar-refractivity contribution in [2.45, 2.75) is 36.4 Å². The number of nitrogens with zero attached hydrogens (tertiary/aromatic N) is 1. The van der Waals surface area contributed by atoms with Gasteiger partial charge in [-0.1, -0.05) is 6.07 Å². The maximum atomic E-state index is 12.8. The quantitative estimate of drug-likeness (QED) is 0.778. The number of anilines is 1. The zero-order valence-electron chi connectivity index (χ0n) is 14.7. The molecule has 0 bridgehead atoms. The molecule has 1 unspecified atom stereocenters. The number of halogens is 3. The minimum Gasteiger partial charge on any atom is -0.406 e. The standard InChI is InChI=1S/C17H17F3N2O4S2/c1-11-7-8-15(27-11)28(24,25)22-9-3-6-14(22)16(23)21-12-4-2-5-13(10-12)26-17(18,19)20/h2,4-5,7-8,10,14H,3,6,9H2,1H3,(H,21,23). The van der Waals surface area contributed by atoms with Gasteiger partial charge in [-0.15, -0.1) is 24.5 Å². The van der Waals surface area contributed by atoms with E-state index in [1.165, 1.54) is 18.2 Å². The van der Waals surface area contributed by atoms with Crippen molar-refractivity contribution >= 4 is 33.0 Å². The first-order valence-electron chi connectivity index (χ1n) is 8.31. The van der Waals surface area contributed by atoms with Gasteiger partial charge in [0.1, 0.15) is 16.0 Å². The highest BCUT2D eigenvalue weighted by Gasteiger charge is 2.40. The molecule has 1 aromatic heterocycles. The summed E-state index contributed by atoms with van der Waals surface area (Å²) in [4.78, 5) is 13.5. The molecule has 0 radical (unpaired) electrons. The summed E-state index contributed by atoms with van der Waals surface area (Å²) in [7, 11) is -3.82. The van der Waals surface area contributed by atoms with Gasteiger partial charge >= 0.3 is 6.36 Å². The van der Waals surface area contributed by atoms with Crippen molar-refractivity contribution < 1.29 is 31.1 Å². The molecule has 3 rings (SSSR count). The molecule has 1 amide bonds. The van der Waals surface area contributed by atoms with Crippen molar-refractivity contribution in [2.24, 2.45) is 0 Å². The Bertz CT molecular complexity index is 973. The molecule has 1 aromatic carbocycles. The highest BCUT2D eigenvalue weighted by molar-refractivity contribution is 7.91. The Morgan fingerprint density at radius 1 is 1.29 bits per heavy atom. The molecule has 1 aliphatic rings. The van der Waals surface area contributed by atoms with E-state index in [4.69, 9.17) is 0 Å². The maximum Gasteiger partial charge on any atom is 0.573 e. The Morgan fingerprint density at radius 3 is 2.68 bits per heavy atom. The third-order valence-corrected chi connectivity index (χ3v) is 7.50. The van der Waals surface area contributed by atoms with E-state index in [1.54, 1.807) is 13.0 Å². The molecule has 2 heterocycles. The molecule has 1 fully saturated rings. The molecule has 0 saturated carbocycles. The number of amides is 1. The number of thiophene rings is 1. The topological polar surface area (TPSA) is 75.7 Å². The number of carbonyl (C=O) groups excluding carboxylic acids is 1. The fourth-order valence-electron chi connectivity index (χ4n) is 2.95. The Kier molecular flexibility index (Phi) is 5.69. The van der Waals surface area contributed by atoms with E-state index >= 15 is 0 Å². The van der Waals surface area contributed by atoms with Crippen LogP contribution in [0.1, 0.15) is 17.7 Å². The van der Waals surface area contributed by atoms with Crippen molar-refractivity contribution in [1.82, 2.24) is 4.31 Å².